The van der Waals surface area contributed by atoms with Gasteiger partial charge in [0.25, 0.3) is 0 Å². The van der Waals surface area contributed by atoms with Crippen LogP contribution in [0.15, 0.2) is 12.1 Å². The molecule has 0 aliphatic heterocycles. The summed E-state index contributed by atoms with van der Waals surface area (Å²) in [5.74, 6) is -0.271. The summed E-state index contributed by atoms with van der Waals surface area (Å²) in [6.45, 7) is 3.81. The lowest BCUT2D eigenvalue weighted by Gasteiger charge is -2.14. The van der Waals surface area contributed by atoms with Gasteiger partial charge in [0.1, 0.15) is 0 Å². The van der Waals surface area contributed by atoms with Gasteiger partial charge in [-0.3, -0.25) is 0 Å². The third-order valence-corrected chi connectivity index (χ3v) is 6.69. The molecule has 0 unspecified atom stereocenters. The zero-order valence-electron chi connectivity index (χ0n) is 12.4. The highest BCUT2D eigenvalue weighted by molar-refractivity contribution is 14.1. The SMILES string of the molecule is CCCCN(O)CCCCOC(=O)c1cc(I)cc(I)c1I. The number of carbonyl (C=O) groups is 1. The molecule has 0 spiro atoms. The van der Waals surface area contributed by atoms with Crippen LogP contribution in [0.3, 0.4) is 0 Å². The average molecular weight is 643 g/mol. The second kappa shape index (κ2) is 11.4. The number of halogens is 3. The summed E-state index contributed by atoms with van der Waals surface area (Å²) in [4.78, 5) is 12.1. The predicted octanol–water partition coefficient (Wildman–Crippen LogP) is 4.93. The Morgan fingerprint density at radius 1 is 1.18 bits per heavy atom. The number of benzene rings is 1. The minimum absolute atomic E-state index is 0.271. The maximum atomic E-state index is 12.1. The molecule has 124 valence electrons. The van der Waals surface area contributed by atoms with Gasteiger partial charge in [0.2, 0.25) is 0 Å². The quantitative estimate of drug-likeness (QED) is 0.137. The van der Waals surface area contributed by atoms with Gasteiger partial charge in [-0.25, -0.2) is 4.79 Å². The summed E-state index contributed by atoms with van der Waals surface area (Å²) in [7, 11) is 0. The number of hydrogen-bond donors (Lipinski definition) is 1. The van der Waals surface area contributed by atoms with Gasteiger partial charge in [-0.2, -0.15) is 5.06 Å². The Labute approximate surface area is 172 Å². The molecule has 0 saturated carbocycles. The van der Waals surface area contributed by atoms with E-state index < -0.39 is 0 Å². The standard InChI is InChI=1S/C15H20I3NO3/c1-2-3-6-19(21)7-4-5-8-22-15(20)12-9-11(16)10-13(17)14(12)18/h9-10,21H,2-8H2,1H3. The molecule has 4 nitrogen and oxygen atoms in total. The number of rotatable bonds is 9. The van der Waals surface area contributed by atoms with Crippen LogP contribution < -0.4 is 0 Å². The van der Waals surface area contributed by atoms with Crippen LogP contribution in [0.5, 0.6) is 0 Å². The van der Waals surface area contributed by atoms with E-state index in [4.69, 9.17) is 4.74 Å². The average Bonchev–Trinajstić information content (AvgIpc) is 2.48. The lowest BCUT2D eigenvalue weighted by molar-refractivity contribution is -0.0926. The Morgan fingerprint density at radius 2 is 1.86 bits per heavy atom. The number of nitrogens with zero attached hydrogens (tertiary/aromatic N) is 1. The minimum Gasteiger partial charge on any atom is -0.462 e. The van der Waals surface area contributed by atoms with Crippen molar-refractivity contribution in [2.45, 2.75) is 32.6 Å². The smallest absolute Gasteiger partial charge is 0.339 e. The van der Waals surface area contributed by atoms with Crippen molar-refractivity contribution in [1.82, 2.24) is 5.06 Å². The van der Waals surface area contributed by atoms with Gasteiger partial charge in [0.15, 0.2) is 0 Å². The first-order valence-corrected chi connectivity index (χ1v) is 10.4. The molecule has 0 radical (unpaired) electrons. The van der Waals surface area contributed by atoms with Crippen molar-refractivity contribution in [3.05, 3.63) is 28.4 Å². The number of carbonyl (C=O) groups excluding carboxylic acids is 1. The monoisotopic (exact) mass is 643 g/mol. The normalized spacial score (nSPS) is 11.0. The first-order valence-electron chi connectivity index (χ1n) is 7.21. The lowest BCUT2D eigenvalue weighted by atomic mass is 10.2. The number of ether oxygens (including phenoxy) is 1. The van der Waals surface area contributed by atoms with Crippen molar-refractivity contribution in [2.24, 2.45) is 0 Å². The van der Waals surface area contributed by atoms with Crippen LogP contribution in [0.4, 0.5) is 0 Å². The summed E-state index contributed by atoms with van der Waals surface area (Å²) < 4.78 is 8.35. The maximum Gasteiger partial charge on any atom is 0.339 e. The lowest BCUT2D eigenvalue weighted by Crippen LogP contribution is -2.22. The fourth-order valence-electron chi connectivity index (χ4n) is 1.80. The molecule has 0 atom stereocenters. The van der Waals surface area contributed by atoms with Gasteiger partial charge in [0.05, 0.1) is 12.2 Å². The molecule has 0 aliphatic carbocycles. The Hall–Kier alpha value is 0.800. The Bertz CT molecular complexity index is 497. The van der Waals surface area contributed by atoms with E-state index >= 15 is 0 Å². The number of hydrogen-bond acceptors (Lipinski definition) is 4. The van der Waals surface area contributed by atoms with Crippen LogP contribution in [0.2, 0.25) is 0 Å². The number of esters is 1. The van der Waals surface area contributed by atoms with Gasteiger partial charge in [-0.15, -0.1) is 0 Å². The Balaban J connectivity index is 2.32. The minimum atomic E-state index is -0.271. The van der Waals surface area contributed by atoms with E-state index in [0.717, 1.165) is 36.4 Å². The summed E-state index contributed by atoms with van der Waals surface area (Å²) >= 11 is 6.60. The number of hydroxylamine groups is 2. The van der Waals surface area contributed by atoms with E-state index in [9.17, 15) is 10.0 Å². The molecule has 0 bridgehead atoms. The van der Waals surface area contributed by atoms with Crippen LogP contribution in [0.25, 0.3) is 0 Å². The molecule has 0 saturated heterocycles. The second-order valence-electron chi connectivity index (χ2n) is 4.90. The third kappa shape index (κ3) is 7.58. The first kappa shape index (κ1) is 20.8. The van der Waals surface area contributed by atoms with E-state index in [2.05, 4.69) is 74.7 Å². The van der Waals surface area contributed by atoms with Crippen molar-refractivity contribution >= 4 is 73.7 Å². The van der Waals surface area contributed by atoms with Gasteiger partial charge in [-0.05, 0) is 99.2 Å². The van der Waals surface area contributed by atoms with Crippen LogP contribution in [-0.2, 0) is 4.74 Å². The third-order valence-electron chi connectivity index (χ3n) is 3.03. The highest BCUT2D eigenvalue weighted by Crippen LogP contribution is 2.23. The van der Waals surface area contributed by atoms with Crippen molar-refractivity contribution in [1.29, 1.82) is 0 Å². The second-order valence-corrected chi connectivity index (χ2v) is 8.39. The van der Waals surface area contributed by atoms with E-state index in [1.807, 2.05) is 12.1 Å². The Kier molecular flexibility index (Phi) is 10.8. The van der Waals surface area contributed by atoms with Crippen molar-refractivity contribution in [3.63, 3.8) is 0 Å². The molecule has 1 N–H and O–H groups in total. The van der Waals surface area contributed by atoms with Gasteiger partial charge < -0.3 is 9.94 Å². The predicted molar refractivity (Wildman–Crippen MR) is 112 cm³/mol. The fraction of sp³-hybridized carbons (Fsp3) is 0.533. The molecule has 1 aromatic carbocycles. The molecular formula is C15H20I3NO3. The van der Waals surface area contributed by atoms with Crippen LogP contribution in [0, 0.1) is 10.7 Å². The van der Waals surface area contributed by atoms with Crippen LogP contribution >= 0.6 is 67.8 Å². The van der Waals surface area contributed by atoms with Crippen LogP contribution in [-0.4, -0.2) is 35.9 Å². The van der Waals surface area contributed by atoms with Crippen molar-refractivity contribution in [2.75, 3.05) is 19.7 Å². The summed E-state index contributed by atoms with van der Waals surface area (Å²) in [6, 6.07) is 3.89. The van der Waals surface area contributed by atoms with E-state index in [0.29, 0.717) is 25.3 Å². The largest absolute Gasteiger partial charge is 0.462 e. The summed E-state index contributed by atoms with van der Waals surface area (Å²) in [6.07, 6.45) is 3.64. The first-order chi connectivity index (χ1) is 10.5. The highest BCUT2D eigenvalue weighted by Gasteiger charge is 2.14. The van der Waals surface area contributed by atoms with E-state index in [-0.39, 0.29) is 5.97 Å². The zero-order valence-corrected chi connectivity index (χ0v) is 18.9. The molecule has 0 aliphatic rings. The molecule has 0 heterocycles. The van der Waals surface area contributed by atoms with Crippen molar-refractivity contribution in [3.8, 4) is 0 Å². The summed E-state index contributed by atoms with van der Waals surface area (Å²) in [5.41, 5.74) is 0.628. The number of unbranched alkanes of at least 4 members (excludes halogenated alkanes) is 2. The Morgan fingerprint density at radius 3 is 2.55 bits per heavy atom. The summed E-state index contributed by atoms with van der Waals surface area (Å²) in [5, 5.41) is 10.9. The van der Waals surface area contributed by atoms with Gasteiger partial charge in [-0.1, -0.05) is 13.3 Å². The van der Waals surface area contributed by atoms with E-state index in [1.54, 1.807) is 0 Å². The van der Waals surface area contributed by atoms with Gasteiger partial charge >= 0.3 is 5.97 Å². The van der Waals surface area contributed by atoms with E-state index in [1.165, 1.54) is 5.06 Å². The van der Waals surface area contributed by atoms with Crippen molar-refractivity contribution < 1.29 is 14.7 Å². The topological polar surface area (TPSA) is 49.8 Å². The maximum absolute atomic E-state index is 12.1. The molecular weight excluding hydrogens is 623 g/mol. The molecule has 0 aromatic heterocycles. The van der Waals surface area contributed by atoms with Crippen LogP contribution in [0.1, 0.15) is 43.0 Å². The molecule has 7 heteroatoms. The zero-order chi connectivity index (χ0) is 16.5. The molecule has 0 amide bonds. The fourth-order valence-corrected chi connectivity index (χ4v) is 4.17. The highest BCUT2D eigenvalue weighted by atomic mass is 127. The van der Waals surface area contributed by atoms with Gasteiger partial charge in [0, 0.05) is 23.8 Å². The molecule has 1 aromatic rings. The molecule has 0 fully saturated rings. The molecule has 22 heavy (non-hydrogen) atoms. The molecule has 1 rings (SSSR count).